The Bertz CT molecular complexity index is 777. The summed E-state index contributed by atoms with van der Waals surface area (Å²) >= 11 is 1.36. The van der Waals surface area contributed by atoms with Crippen molar-refractivity contribution in [2.24, 2.45) is 0 Å². The van der Waals surface area contributed by atoms with Crippen molar-refractivity contribution in [2.75, 3.05) is 6.61 Å². The molecule has 0 spiro atoms. The molecule has 0 saturated heterocycles. The lowest BCUT2D eigenvalue weighted by atomic mass is 10.2. The van der Waals surface area contributed by atoms with E-state index in [1.807, 2.05) is 0 Å². The Labute approximate surface area is 125 Å². The summed E-state index contributed by atoms with van der Waals surface area (Å²) in [6, 6.07) is 3.20. The van der Waals surface area contributed by atoms with Gasteiger partial charge < -0.3 is 5.11 Å². The van der Waals surface area contributed by atoms with Crippen molar-refractivity contribution in [3.8, 4) is 11.8 Å². The van der Waals surface area contributed by atoms with E-state index in [1.54, 1.807) is 10.9 Å². The standard InChI is InChI=1S/C13H11FN2O3S2/c14-11-3-4-13(10(6-11)2-1-5-17)21(18,19)16-7-12-8-20-9-15-12/h3-4,6,8-9,16-17H,5,7H2. The van der Waals surface area contributed by atoms with Crippen molar-refractivity contribution >= 4 is 21.4 Å². The topological polar surface area (TPSA) is 79.3 Å². The highest BCUT2D eigenvalue weighted by atomic mass is 32.2. The van der Waals surface area contributed by atoms with E-state index in [9.17, 15) is 12.8 Å². The normalized spacial score (nSPS) is 11.0. The second kappa shape index (κ2) is 6.78. The second-order valence-electron chi connectivity index (χ2n) is 3.90. The Kier molecular flexibility index (Phi) is 5.03. The van der Waals surface area contributed by atoms with Crippen LogP contribution in [0.2, 0.25) is 0 Å². The van der Waals surface area contributed by atoms with Gasteiger partial charge in [0.15, 0.2) is 0 Å². The van der Waals surface area contributed by atoms with Crippen LogP contribution in [0.3, 0.4) is 0 Å². The molecule has 2 N–H and O–H groups in total. The Morgan fingerprint density at radius 2 is 2.24 bits per heavy atom. The molecule has 0 aliphatic carbocycles. The number of nitrogens with zero attached hydrogens (tertiary/aromatic N) is 1. The maximum Gasteiger partial charge on any atom is 0.242 e. The summed E-state index contributed by atoms with van der Waals surface area (Å²) in [4.78, 5) is 3.83. The highest BCUT2D eigenvalue weighted by Gasteiger charge is 2.18. The van der Waals surface area contributed by atoms with Gasteiger partial charge in [0.25, 0.3) is 0 Å². The fourth-order valence-electron chi connectivity index (χ4n) is 1.54. The zero-order valence-electron chi connectivity index (χ0n) is 10.7. The van der Waals surface area contributed by atoms with Crippen LogP contribution >= 0.6 is 11.3 Å². The Morgan fingerprint density at radius 3 is 2.90 bits per heavy atom. The van der Waals surface area contributed by atoms with Gasteiger partial charge in [-0.2, -0.15) is 0 Å². The maximum atomic E-state index is 13.2. The third kappa shape index (κ3) is 4.09. The smallest absolute Gasteiger partial charge is 0.242 e. The minimum Gasteiger partial charge on any atom is -0.384 e. The van der Waals surface area contributed by atoms with Gasteiger partial charge in [-0.3, -0.25) is 0 Å². The molecule has 1 heterocycles. The summed E-state index contributed by atoms with van der Waals surface area (Å²) in [5.74, 6) is 4.14. The molecule has 0 fully saturated rings. The quantitative estimate of drug-likeness (QED) is 0.825. The van der Waals surface area contributed by atoms with E-state index < -0.39 is 22.4 Å². The van der Waals surface area contributed by atoms with Crippen LogP contribution in [0.25, 0.3) is 0 Å². The number of rotatable bonds is 4. The molecule has 1 aromatic heterocycles. The zero-order chi connectivity index (χ0) is 15.3. The molecule has 1 aromatic carbocycles. The fraction of sp³-hybridized carbons (Fsp3) is 0.154. The van der Waals surface area contributed by atoms with Crippen LogP contribution in [0.1, 0.15) is 11.3 Å². The first-order valence-electron chi connectivity index (χ1n) is 5.79. The predicted molar refractivity (Wildman–Crippen MR) is 76.5 cm³/mol. The predicted octanol–water partition coefficient (Wildman–Crippen LogP) is 1.10. The van der Waals surface area contributed by atoms with Gasteiger partial charge in [0.1, 0.15) is 12.4 Å². The molecular formula is C13H11FN2O3S2. The number of sulfonamides is 1. The monoisotopic (exact) mass is 326 g/mol. The molecule has 8 heteroatoms. The van der Waals surface area contributed by atoms with E-state index in [4.69, 9.17) is 5.11 Å². The molecule has 21 heavy (non-hydrogen) atoms. The lowest BCUT2D eigenvalue weighted by Crippen LogP contribution is -2.24. The molecule has 2 rings (SSSR count). The van der Waals surface area contributed by atoms with E-state index in [0.29, 0.717) is 5.69 Å². The van der Waals surface area contributed by atoms with Crippen molar-refractivity contribution in [2.45, 2.75) is 11.4 Å². The Balaban J connectivity index is 2.30. The van der Waals surface area contributed by atoms with Crippen LogP contribution in [-0.4, -0.2) is 25.1 Å². The number of hydrogen-bond donors (Lipinski definition) is 2. The number of halogens is 1. The van der Waals surface area contributed by atoms with E-state index in [-0.39, 0.29) is 17.0 Å². The summed E-state index contributed by atoms with van der Waals surface area (Å²) in [6.07, 6.45) is 0. The van der Waals surface area contributed by atoms with Gasteiger partial charge in [0.05, 0.1) is 22.6 Å². The van der Waals surface area contributed by atoms with Crippen molar-refractivity contribution in [3.05, 3.63) is 46.2 Å². The van der Waals surface area contributed by atoms with Crippen LogP contribution in [0.4, 0.5) is 4.39 Å². The van der Waals surface area contributed by atoms with E-state index in [1.165, 1.54) is 11.3 Å². The maximum absolute atomic E-state index is 13.2. The zero-order valence-corrected chi connectivity index (χ0v) is 12.3. The lowest BCUT2D eigenvalue weighted by Gasteiger charge is -2.07. The van der Waals surface area contributed by atoms with Crippen LogP contribution in [0.15, 0.2) is 34.0 Å². The first-order valence-corrected chi connectivity index (χ1v) is 8.21. The van der Waals surface area contributed by atoms with Crippen molar-refractivity contribution < 1.29 is 17.9 Å². The molecule has 2 aromatic rings. The molecular weight excluding hydrogens is 315 g/mol. The third-order valence-corrected chi connectivity index (χ3v) is 4.55. The van der Waals surface area contributed by atoms with Crippen molar-refractivity contribution in [1.82, 2.24) is 9.71 Å². The van der Waals surface area contributed by atoms with Crippen molar-refractivity contribution in [3.63, 3.8) is 0 Å². The van der Waals surface area contributed by atoms with E-state index in [0.717, 1.165) is 18.2 Å². The lowest BCUT2D eigenvalue weighted by molar-refractivity contribution is 0.350. The highest BCUT2D eigenvalue weighted by Crippen LogP contribution is 2.16. The van der Waals surface area contributed by atoms with Gasteiger partial charge in [0.2, 0.25) is 10.0 Å². The van der Waals surface area contributed by atoms with Crippen molar-refractivity contribution in [1.29, 1.82) is 0 Å². The summed E-state index contributed by atoms with van der Waals surface area (Å²) in [5, 5.41) is 10.4. The summed E-state index contributed by atoms with van der Waals surface area (Å²) < 4.78 is 40.1. The third-order valence-electron chi connectivity index (χ3n) is 2.46. The van der Waals surface area contributed by atoms with Crippen LogP contribution in [0, 0.1) is 17.7 Å². The molecule has 0 aliphatic heterocycles. The van der Waals surface area contributed by atoms with Gasteiger partial charge in [-0.25, -0.2) is 22.5 Å². The molecule has 0 aliphatic rings. The molecule has 0 unspecified atom stereocenters. The molecule has 110 valence electrons. The average Bonchev–Trinajstić information content (AvgIpc) is 2.96. The van der Waals surface area contributed by atoms with E-state index >= 15 is 0 Å². The number of aliphatic hydroxyl groups excluding tert-OH is 1. The SMILES string of the molecule is O=S(=O)(NCc1cscn1)c1ccc(F)cc1C#CCO. The number of hydrogen-bond acceptors (Lipinski definition) is 5. The van der Waals surface area contributed by atoms with Gasteiger partial charge in [-0.1, -0.05) is 11.8 Å². The highest BCUT2D eigenvalue weighted by molar-refractivity contribution is 7.89. The van der Waals surface area contributed by atoms with Gasteiger partial charge in [0, 0.05) is 10.9 Å². The first kappa shape index (κ1) is 15.6. The van der Waals surface area contributed by atoms with E-state index in [2.05, 4.69) is 21.5 Å². The van der Waals surface area contributed by atoms with Crippen LogP contribution in [0.5, 0.6) is 0 Å². The second-order valence-corrected chi connectivity index (χ2v) is 6.36. The molecule has 0 bridgehead atoms. The number of benzene rings is 1. The molecule has 0 radical (unpaired) electrons. The Morgan fingerprint density at radius 1 is 1.43 bits per heavy atom. The molecule has 5 nitrogen and oxygen atoms in total. The molecule has 0 saturated carbocycles. The first-order chi connectivity index (χ1) is 10.0. The summed E-state index contributed by atoms with van der Waals surface area (Å²) in [5.41, 5.74) is 2.18. The molecule has 0 amide bonds. The van der Waals surface area contributed by atoms with Crippen LogP contribution < -0.4 is 4.72 Å². The minimum atomic E-state index is -3.85. The largest absolute Gasteiger partial charge is 0.384 e. The molecule has 0 atom stereocenters. The number of aromatic nitrogens is 1. The van der Waals surface area contributed by atoms with Crippen LogP contribution in [-0.2, 0) is 16.6 Å². The number of thiazole rings is 1. The van der Waals surface area contributed by atoms with Gasteiger partial charge in [-0.05, 0) is 18.2 Å². The number of nitrogens with one attached hydrogen (secondary N) is 1. The summed E-state index contributed by atoms with van der Waals surface area (Å²) in [6.45, 7) is -0.404. The van der Waals surface area contributed by atoms with Gasteiger partial charge in [-0.15, -0.1) is 11.3 Å². The fourth-order valence-corrected chi connectivity index (χ4v) is 3.24. The minimum absolute atomic E-state index is 0.00479. The Hall–Kier alpha value is -1.79. The summed E-state index contributed by atoms with van der Waals surface area (Å²) in [7, 11) is -3.85. The van der Waals surface area contributed by atoms with Gasteiger partial charge >= 0.3 is 0 Å². The number of aliphatic hydroxyl groups is 1. The average molecular weight is 326 g/mol.